The number of aryl methyl sites for hydroxylation is 1. The van der Waals surface area contributed by atoms with Crippen LogP contribution in [0.3, 0.4) is 0 Å². The molecule has 0 aliphatic rings. The second-order valence-corrected chi connectivity index (χ2v) is 4.17. The van der Waals surface area contributed by atoms with Crippen LogP contribution >= 0.6 is 0 Å². The summed E-state index contributed by atoms with van der Waals surface area (Å²) >= 11 is 0. The van der Waals surface area contributed by atoms with Crippen molar-refractivity contribution in [1.29, 1.82) is 0 Å². The summed E-state index contributed by atoms with van der Waals surface area (Å²) in [5, 5.41) is 5.47. The predicted octanol–water partition coefficient (Wildman–Crippen LogP) is 1.63. The van der Waals surface area contributed by atoms with Crippen molar-refractivity contribution in [2.75, 3.05) is 17.2 Å². The van der Waals surface area contributed by atoms with Crippen LogP contribution in [0.15, 0.2) is 18.2 Å². The molecule has 0 heterocycles. The SMILES string of the molecule is CC(=O)Nc1ccc(C)cc1NC(=O)CCCN. The van der Waals surface area contributed by atoms with Crippen LogP contribution in [0.4, 0.5) is 11.4 Å². The molecule has 98 valence electrons. The van der Waals surface area contributed by atoms with Gasteiger partial charge in [-0.2, -0.15) is 0 Å². The lowest BCUT2D eigenvalue weighted by Gasteiger charge is -2.12. The van der Waals surface area contributed by atoms with Crippen LogP contribution in [-0.2, 0) is 9.59 Å². The summed E-state index contributed by atoms with van der Waals surface area (Å²) in [5.74, 6) is -0.269. The third-order valence-electron chi connectivity index (χ3n) is 2.37. The van der Waals surface area contributed by atoms with E-state index in [-0.39, 0.29) is 11.8 Å². The number of benzene rings is 1. The van der Waals surface area contributed by atoms with Gasteiger partial charge in [-0.05, 0) is 37.6 Å². The first-order chi connectivity index (χ1) is 8.52. The molecule has 0 aliphatic heterocycles. The number of carbonyl (C=O) groups excluding carboxylic acids is 2. The van der Waals surface area contributed by atoms with Crippen LogP contribution in [-0.4, -0.2) is 18.4 Å². The molecule has 1 aromatic rings. The number of rotatable bonds is 5. The van der Waals surface area contributed by atoms with Crippen molar-refractivity contribution in [1.82, 2.24) is 0 Å². The summed E-state index contributed by atoms with van der Waals surface area (Å²) < 4.78 is 0. The van der Waals surface area contributed by atoms with E-state index in [9.17, 15) is 9.59 Å². The van der Waals surface area contributed by atoms with Gasteiger partial charge in [-0.15, -0.1) is 0 Å². The Bertz CT molecular complexity index is 444. The molecule has 2 amide bonds. The summed E-state index contributed by atoms with van der Waals surface area (Å²) in [6.07, 6.45) is 1.02. The summed E-state index contributed by atoms with van der Waals surface area (Å²) in [4.78, 5) is 22.7. The number of nitrogens with one attached hydrogen (secondary N) is 2. The van der Waals surface area contributed by atoms with Gasteiger partial charge in [0.15, 0.2) is 0 Å². The van der Waals surface area contributed by atoms with E-state index >= 15 is 0 Å². The monoisotopic (exact) mass is 249 g/mol. The van der Waals surface area contributed by atoms with E-state index in [2.05, 4.69) is 10.6 Å². The molecule has 0 fully saturated rings. The van der Waals surface area contributed by atoms with Gasteiger partial charge in [0.25, 0.3) is 0 Å². The van der Waals surface area contributed by atoms with E-state index in [4.69, 9.17) is 5.73 Å². The molecule has 0 saturated carbocycles. The second-order valence-electron chi connectivity index (χ2n) is 4.17. The first-order valence-electron chi connectivity index (χ1n) is 5.91. The van der Waals surface area contributed by atoms with Gasteiger partial charge in [0, 0.05) is 13.3 Å². The fourth-order valence-electron chi connectivity index (χ4n) is 1.54. The summed E-state index contributed by atoms with van der Waals surface area (Å²) in [7, 11) is 0. The van der Waals surface area contributed by atoms with Crippen molar-refractivity contribution >= 4 is 23.2 Å². The Morgan fingerprint density at radius 3 is 2.56 bits per heavy atom. The zero-order valence-corrected chi connectivity index (χ0v) is 10.7. The normalized spacial score (nSPS) is 9.94. The number of amides is 2. The number of anilines is 2. The van der Waals surface area contributed by atoms with Gasteiger partial charge >= 0.3 is 0 Å². The van der Waals surface area contributed by atoms with Crippen molar-refractivity contribution in [3.8, 4) is 0 Å². The highest BCUT2D eigenvalue weighted by Gasteiger charge is 2.08. The highest BCUT2D eigenvalue weighted by Crippen LogP contribution is 2.23. The quantitative estimate of drug-likeness (QED) is 0.741. The predicted molar refractivity (Wildman–Crippen MR) is 72.4 cm³/mol. The first kappa shape index (κ1) is 14.2. The maximum Gasteiger partial charge on any atom is 0.224 e. The number of carbonyl (C=O) groups is 2. The van der Waals surface area contributed by atoms with E-state index in [1.807, 2.05) is 19.1 Å². The van der Waals surface area contributed by atoms with E-state index in [0.29, 0.717) is 30.8 Å². The molecule has 0 aromatic heterocycles. The van der Waals surface area contributed by atoms with Crippen LogP contribution in [0.1, 0.15) is 25.3 Å². The van der Waals surface area contributed by atoms with E-state index in [1.165, 1.54) is 6.92 Å². The lowest BCUT2D eigenvalue weighted by Crippen LogP contribution is -2.16. The minimum atomic E-state index is -0.170. The summed E-state index contributed by atoms with van der Waals surface area (Å²) in [6, 6.07) is 5.47. The first-order valence-corrected chi connectivity index (χ1v) is 5.91. The zero-order valence-electron chi connectivity index (χ0n) is 10.7. The average Bonchev–Trinajstić information content (AvgIpc) is 2.29. The molecule has 4 N–H and O–H groups in total. The zero-order chi connectivity index (χ0) is 13.5. The Morgan fingerprint density at radius 2 is 1.94 bits per heavy atom. The topological polar surface area (TPSA) is 84.2 Å². The van der Waals surface area contributed by atoms with Crippen molar-refractivity contribution in [2.45, 2.75) is 26.7 Å². The highest BCUT2D eigenvalue weighted by atomic mass is 16.2. The largest absolute Gasteiger partial charge is 0.330 e. The van der Waals surface area contributed by atoms with Crippen LogP contribution < -0.4 is 16.4 Å². The van der Waals surface area contributed by atoms with Crippen LogP contribution in [0.25, 0.3) is 0 Å². The molecule has 18 heavy (non-hydrogen) atoms. The Kier molecular flexibility index (Phi) is 5.32. The van der Waals surface area contributed by atoms with Gasteiger partial charge in [0.2, 0.25) is 11.8 Å². The second kappa shape index (κ2) is 6.76. The van der Waals surface area contributed by atoms with Crippen LogP contribution in [0.2, 0.25) is 0 Å². The van der Waals surface area contributed by atoms with Crippen LogP contribution in [0, 0.1) is 6.92 Å². The maximum atomic E-state index is 11.6. The number of hydrogen-bond donors (Lipinski definition) is 3. The lowest BCUT2D eigenvalue weighted by atomic mass is 10.1. The lowest BCUT2D eigenvalue weighted by molar-refractivity contribution is -0.116. The van der Waals surface area contributed by atoms with Crippen molar-refractivity contribution in [2.24, 2.45) is 5.73 Å². The molecular weight excluding hydrogens is 230 g/mol. The average molecular weight is 249 g/mol. The molecule has 0 atom stereocenters. The smallest absolute Gasteiger partial charge is 0.224 e. The summed E-state index contributed by atoms with van der Waals surface area (Å²) in [5.41, 5.74) is 7.59. The Morgan fingerprint density at radius 1 is 1.22 bits per heavy atom. The highest BCUT2D eigenvalue weighted by molar-refractivity contribution is 5.98. The number of nitrogens with two attached hydrogens (primary N) is 1. The molecular formula is C13H19N3O2. The fourth-order valence-corrected chi connectivity index (χ4v) is 1.54. The number of hydrogen-bond acceptors (Lipinski definition) is 3. The van der Waals surface area contributed by atoms with Gasteiger partial charge in [0.05, 0.1) is 11.4 Å². The minimum absolute atomic E-state index is 0.0994. The van der Waals surface area contributed by atoms with Gasteiger partial charge in [-0.3, -0.25) is 9.59 Å². The van der Waals surface area contributed by atoms with E-state index in [0.717, 1.165) is 5.56 Å². The molecule has 0 bridgehead atoms. The Balaban J connectivity index is 2.81. The third-order valence-corrected chi connectivity index (χ3v) is 2.37. The van der Waals surface area contributed by atoms with E-state index in [1.54, 1.807) is 6.07 Å². The van der Waals surface area contributed by atoms with Gasteiger partial charge < -0.3 is 16.4 Å². The summed E-state index contributed by atoms with van der Waals surface area (Å²) in [6.45, 7) is 3.84. The molecule has 5 nitrogen and oxygen atoms in total. The maximum absolute atomic E-state index is 11.6. The molecule has 0 aliphatic carbocycles. The van der Waals surface area contributed by atoms with Gasteiger partial charge in [-0.25, -0.2) is 0 Å². The molecule has 0 saturated heterocycles. The molecule has 0 spiro atoms. The van der Waals surface area contributed by atoms with Gasteiger partial charge in [-0.1, -0.05) is 6.07 Å². The Hall–Kier alpha value is -1.88. The van der Waals surface area contributed by atoms with Crippen molar-refractivity contribution in [3.63, 3.8) is 0 Å². The fraction of sp³-hybridized carbons (Fsp3) is 0.385. The standard InChI is InChI=1S/C13H19N3O2/c1-9-5-6-11(15-10(2)17)12(8-9)16-13(18)4-3-7-14/h5-6,8H,3-4,7,14H2,1-2H3,(H,15,17)(H,16,18). The van der Waals surface area contributed by atoms with Gasteiger partial charge in [0.1, 0.15) is 0 Å². The molecule has 1 aromatic carbocycles. The molecule has 1 rings (SSSR count). The van der Waals surface area contributed by atoms with Crippen molar-refractivity contribution in [3.05, 3.63) is 23.8 Å². The molecule has 0 radical (unpaired) electrons. The molecule has 5 heteroatoms. The van der Waals surface area contributed by atoms with Crippen molar-refractivity contribution < 1.29 is 9.59 Å². The third kappa shape index (κ3) is 4.55. The van der Waals surface area contributed by atoms with E-state index < -0.39 is 0 Å². The minimum Gasteiger partial charge on any atom is -0.330 e. The van der Waals surface area contributed by atoms with Crippen LogP contribution in [0.5, 0.6) is 0 Å². The molecule has 0 unspecified atom stereocenters. The Labute approximate surface area is 107 Å².